The molecule has 4 heteroatoms. The van der Waals surface area contributed by atoms with Crippen LogP contribution in [0.2, 0.25) is 0 Å². The summed E-state index contributed by atoms with van der Waals surface area (Å²) in [5, 5.41) is 11.5. The highest BCUT2D eigenvalue weighted by atomic mass is 79.9. The van der Waals surface area contributed by atoms with E-state index in [4.69, 9.17) is 10.00 Å². The molecule has 0 fully saturated rings. The summed E-state index contributed by atoms with van der Waals surface area (Å²) in [4.78, 5) is 0. The number of methoxy groups -OCH3 is 1. The molecule has 0 aliphatic carbocycles. The number of nitriles is 1. The van der Waals surface area contributed by atoms with Crippen LogP contribution in [0, 0.1) is 11.3 Å². The highest BCUT2D eigenvalue weighted by Crippen LogP contribution is 2.27. The van der Waals surface area contributed by atoms with Crippen LogP contribution in [0.4, 0.5) is 5.69 Å². The minimum Gasteiger partial charge on any atom is -0.495 e. The topological polar surface area (TPSA) is 45.0 Å². The van der Waals surface area contributed by atoms with E-state index in [-0.39, 0.29) is 0 Å². The van der Waals surface area contributed by atoms with Crippen molar-refractivity contribution < 1.29 is 4.74 Å². The molecule has 0 amide bonds. The van der Waals surface area contributed by atoms with Crippen LogP contribution in [-0.2, 0) is 0 Å². The standard InChI is InChI=1S/C10H11BrN2O/c1-14-10-7-8(3-4-9(10)11)13-6-2-5-12/h3-4,7,13H,2,6H2,1H3. The Labute approximate surface area is 91.8 Å². The van der Waals surface area contributed by atoms with E-state index in [0.717, 1.165) is 15.9 Å². The van der Waals surface area contributed by atoms with E-state index in [1.807, 2.05) is 18.2 Å². The van der Waals surface area contributed by atoms with Crippen LogP contribution >= 0.6 is 15.9 Å². The third kappa shape index (κ3) is 2.93. The fraction of sp³-hybridized carbons (Fsp3) is 0.300. The van der Waals surface area contributed by atoms with Gasteiger partial charge in [0.05, 0.1) is 24.1 Å². The summed E-state index contributed by atoms with van der Waals surface area (Å²) >= 11 is 3.37. The minimum absolute atomic E-state index is 0.498. The molecule has 0 saturated carbocycles. The Kier molecular flexibility index (Phi) is 4.27. The van der Waals surface area contributed by atoms with Gasteiger partial charge in [-0.1, -0.05) is 0 Å². The Bertz CT molecular complexity index is 346. The SMILES string of the molecule is COc1cc(NCCC#N)ccc1Br. The zero-order valence-corrected chi connectivity index (χ0v) is 9.47. The first-order chi connectivity index (χ1) is 6.77. The van der Waals surface area contributed by atoms with Gasteiger partial charge in [0.1, 0.15) is 5.75 Å². The van der Waals surface area contributed by atoms with Gasteiger partial charge in [0, 0.05) is 18.3 Å². The van der Waals surface area contributed by atoms with Crippen molar-refractivity contribution in [2.75, 3.05) is 19.0 Å². The average molecular weight is 255 g/mol. The van der Waals surface area contributed by atoms with Crippen molar-refractivity contribution in [1.29, 1.82) is 5.26 Å². The monoisotopic (exact) mass is 254 g/mol. The molecule has 74 valence electrons. The Hall–Kier alpha value is -1.21. The van der Waals surface area contributed by atoms with E-state index in [0.29, 0.717) is 13.0 Å². The van der Waals surface area contributed by atoms with Crippen LogP contribution in [0.5, 0.6) is 5.75 Å². The predicted molar refractivity (Wildman–Crippen MR) is 59.4 cm³/mol. The fourth-order valence-electron chi connectivity index (χ4n) is 1.03. The molecule has 0 aromatic heterocycles. The normalized spacial score (nSPS) is 9.21. The van der Waals surface area contributed by atoms with Gasteiger partial charge in [-0.05, 0) is 28.1 Å². The van der Waals surface area contributed by atoms with Crippen molar-refractivity contribution >= 4 is 21.6 Å². The van der Waals surface area contributed by atoms with Gasteiger partial charge >= 0.3 is 0 Å². The van der Waals surface area contributed by atoms with Crippen molar-refractivity contribution in [2.24, 2.45) is 0 Å². The summed E-state index contributed by atoms with van der Waals surface area (Å²) in [6, 6.07) is 7.81. The van der Waals surface area contributed by atoms with Crippen LogP contribution in [0.15, 0.2) is 22.7 Å². The number of nitrogens with one attached hydrogen (secondary N) is 1. The van der Waals surface area contributed by atoms with E-state index in [2.05, 4.69) is 27.3 Å². The summed E-state index contributed by atoms with van der Waals surface area (Å²) < 4.78 is 6.06. The lowest BCUT2D eigenvalue weighted by Gasteiger charge is -2.07. The number of rotatable bonds is 4. The molecule has 0 aliphatic rings. The summed E-state index contributed by atoms with van der Waals surface area (Å²) in [5.74, 6) is 0.784. The number of nitrogens with zero attached hydrogens (tertiary/aromatic N) is 1. The second-order valence-corrected chi connectivity index (χ2v) is 3.54. The fourth-order valence-corrected chi connectivity index (χ4v) is 1.44. The maximum Gasteiger partial charge on any atom is 0.135 e. The molecule has 14 heavy (non-hydrogen) atoms. The molecule has 1 N–H and O–H groups in total. The van der Waals surface area contributed by atoms with Crippen molar-refractivity contribution in [3.8, 4) is 11.8 Å². The first kappa shape index (κ1) is 10.9. The van der Waals surface area contributed by atoms with E-state index < -0.39 is 0 Å². The maximum atomic E-state index is 8.37. The Morgan fingerprint density at radius 1 is 1.57 bits per heavy atom. The Morgan fingerprint density at radius 3 is 3.00 bits per heavy atom. The first-order valence-electron chi connectivity index (χ1n) is 4.22. The molecule has 0 saturated heterocycles. The molecular formula is C10H11BrN2O. The second kappa shape index (κ2) is 5.51. The molecule has 0 aliphatic heterocycles. The lowest BCUT2D eigenvalue weighted by atomic mass is 10.3. The van der Waals surface area contributed by atoms with Gasteiger partial charge in [0.2, 0.25) is 0 Å². The van der Waals surface area contributed by atoms with Gasteiger partial charge in [0.25, 0.3) is 0 Å². The third-order valence-corrected chi connectivity index (χ3v) is 2.37. The number of hydrogen-bond acceptors (Lipinski definition) is 3. The van der Waals surface area contributed by atoms with Crippen LogP contribution in [-0.4, -0.2) is 13.7 Å². The van der Waals surface area contributed by atoms with Crippen molar-refractivity contribution in [1.82, 2.24) is 0 Å². The number of anilines is 1. The van der Waals surface area contributed by atoms with Gasteiger partial charge in [-0.25, -0.2) is 0 Å². The average Bonchev–Trinajstić information content (AvgIpc) is 2.21. The van der Waals surface area contributed by atoms with E-state index in [1.54, 1.807) is 7.11 Å². The summed E-state index contributed by atoms with van der Waals surface area (Å²) in [6.45, 7) is 0.654. The largest absolute Gasteiger partial charge is 0.495 e. The smallest absolute Gasteiger partial charge is 0.135 e. The number of benzene rings is 1. The molecule has 3 nitrogen and oxygen atoms in total. The molecule has 0 radical (unpaired) electrons. The van der Waals surface area contributed by atoms with E-state index in [1.165, 1.54) is 0 Å². The molecule has 0 bridgehead atoms. The summed E-state index contributed by atoms with van der Waals surface area (Å²) in [5.41, 5.74) is 0.959. The molecule has 1 aromatic carbocycles. The zero-order valence-electron chi connectivity index (χ0n) is 7.88. The lowest BCUT2D eigenvalue weighted by Crippen LogP contribution is -2.00. The van der Waals surface area contributed by atoms with Crippen LogP contribution < -0.4 is 10.1 Å². The van der Waals surface area contributed by atoms with Gasteiger partial charge in [-0.15, -0.1) is 0 Å². The Morgan fingerprint density at radius 2 is 2.36 bits per heavy atom. The van der Waals surface area contributed by atoms with Crippen LogP contribution in [0.25, 0.3) is 0 Å². The predicted octanol–water partition coefficient (Wildman–Crippen LogP) is 2.78. The van der Waals surface area contributed by atoms with Crippen molar-refractivity contribution in [3.05, 3.63) is 22.7 Å². The van der Waals surface area contributed by atoms with Gasteiger partial charge in [-0.2, -0.15) is 5.26 Å². The third-order valence-electron chi connectivity index (χ3n) is 1.72. The maximum absolute atomic E-state index is 8.37. The quantitative estimate of drug-likeness (QED) is 0.841. The highest BCUT2D eigenvalue weighted by molar-refractivity contribution is 9.10. The summed E-state index contributed by atoms with van der Waals surface area (Å²) in [7, 11) is 1.62. The van der Waals surface area contributed by atoms with Gasteiger partial charge in [-0.3, -0.25) is 0 Å². The van der Waals surface area contributed by atoms with E-state index in [9.17, 15) is 0 Å². The molecular weight excluding hydrogens is 244 g/mol. The van der Waals surface area contributed by atoms with E-state index >= 15 is 0 Å². The van der Waals surface area contributed by atoms with Gasteiger partial charge < -0.3 is 10.1 Å². The molecule has 1 rings (SSSR count). The number of halogens is 1. The van der Waals surface area contributed by atoms with Crippen molar-refractivity contribution in [3.63, 3.8) is 0 Å². The van der Waals surface area contributed by atoms with Crippen LogP contribution in [0.3, 0.4) is 0 Å². The lowest BCUT2D eigenvalue weighted by molar-refractivity contribution is 0.412. The molecule has 0 atom stereocenters. The Balaban J connectivity index is 2.65. The number of ether oxygens (including phenoxy) is 1. The number of hydrogen-bond donors (Lipinski definition) is 1. The summed E-state index contributed by atoms with van der Waals surface area (Å²) in [6.07, 6.45) is 0.498. The molecule has 0 unspecified atom stereocenters. The highest BCUT2D eigenvalue weighted by Gasteiger charge is 2.00. The first-order valence-corrected chi connectivity index (χ1v) is 5.01. The van der Waals surface area contributed by atoms with Crippen LogP contribution in [0.1, 0.15) is 6.42 Å². The zero-order chi connectivity index (χ0) is 10.4. The molecule has 0 heterocycles. The molecule has 1 aromatic rings. The molecule has 0 spiro atoms. The van der Waals surface area contributed by atoms with Gasteiger partial charge in [0.15, 0.2) is 0 Å². The van der Waals surface area contributed by atoms with Crippen molar-refractivity contribution in [2.45, 2.75) is 6.42 Å². The minimum atomic E-state index is 0.498. The second-order valence-electron chi connectivity index (χ2n) is 2.68.